The van der Waals surface area contributed by atoms with Crippen LogP contribution in [0, 0.1) is 16.7 Å². The maximum absolute atomic E-state index is 8.98. The molecule has 0 aliphatic heterocycles. The summed E-state index contributed by atoms with van der Waals surface area (Å²) in [6, 6.07) is 0. The third-order valence-electron chi connectivity index (χ3n) is 4.53. The molecule has 2 bridgehead atoms. The highest BCUT2D eigenvalue weighted by Gasteiger charge is 2.64. The summed E-state index contributed by atoms with van der Waals surface area (Å²) in [4.78, 5) is 0. The molecule has 2 atom stereocenters. The highest BCUT2D eigenvalue weighted by atomic mass is 16.4. The van der Waals surface area contributed by atoms with Crippen LogP contribution in [0.25, 0.3) is 0 Å². The van der Waals surface area contributed by atoms with Gasteiger partial charge in [0.15, 0.2) is 0 Å². The summed E-state index contributed by atoms with van der Waals surface area (Å²) in [6.45, 7) is 6.38. The summed E-state index contributed by atoms with van der Waals surface area (Å²) in [5.74, 6) is 0.225. The Kier molecular flexibility index (Phi) is 1.69. The second-order valence-electron chi connectivity index (χ2n) is 5.08. The van der Waals surface area contributed by atoms with Crippen LogP contribution in [0.3, 0.4) is 0 Å². The van der Waals surface area contributed by atoms with Gasteiger partial charge >= 0.3 is 0 Å². The van der Waals surface area contributed by atoms with Crippen molar-refractivity contribution in [2.45, 2.75) is 33.6 Å². The van der Waals surface area contributed by atoms with E-state index in [4.69, 9.17) is 10.4 Å². The molecule has 14 heavy (non-hydrogen) atoms. The molecule has 78 valence electrons. The molecule has 2 N–H and O–H groups in total. The van der Waals surface area contributed by atoms with Gasteiger partial charge in [-0.15, -0.1) is 0 Å². The fourth-order valence-corrected chi connectivity index (χ4v) is 3.13. The van der Waals surface area contributed by atoms with Crippen molar-refractivity contribution >= 4 is 11.4 Å². The van der Waals surface area contributed by atoms with Gasteiger partial charge in [0.1, 0.15) is 11.4 Å². The fourth-order valence-electron chi connectivity index (χ4n) is 3.13. The highest BCUT2D eigenvalue weighted by Crippen LogP contribution is 2.62. The molecule has 0 aromatic carbocycles. The predicted octanol–water partition coefficient (Wildman–Crippen LogP) is 2.10. The Morgan fingerprint density at radius 1 is 1.21 bits per heavy atom. The van der Waals surface area contributed by atoms with Gasteiger partial charge in [0.05, 0.1) is 0 Å². The van der Waals surface area contributed by atoms with Crippen LogP contribution in [0.1, 0.15) is 33.6 Å². The molecule has 0 unspecified atom stereocenters. The van der Waals surface area contributed by atoms with Crippen LogP contribution in [0.2, 0.25) is 0 Å². The summed E-state index contributed by atoms with van der Waals surface area (Å²) in [5, 5.41) is 24.5. The van der Waals surface area contributed by atoms with Gasteiger partial charge in [0.25, 0.3) is 0 Å². The van der Waals surface area contributed by atoms with Crippen molar-refractivity contribution in [3.8, 4) is 0 Å². The van der Waals surface area contributed by atoms with Crippen molar-refractivity contribution in [1.82, 2.24) is 0 Å². The van der Waals surface area contributed by atoms with E-state index < -0.39 is 0 Å². The molecule has 2 rings (SSSR count). The van der Waals surface area contributed by atoms with Gasteiger partial charge in [-0.25, -0.2) is 0 Å². The molecule has 2 aliphatic carbocycles. The molecule has 4 nitrogen and oxygen atoms in total. The molecule has 0 radical (unpaired) electrons. The van der Waals surface area contributed by atoms with Gasteiger partial charge < -0.3 is 10.4 Å². The quantitative estimate of drug-likeness (QED) is 0.460. The van der Waals surface area contributed by atoms with E-state index in [9.17, 15) is 0 Å². The second-order valence-corrected chi connectivity index (χ2v) is 5.08. The average Bonchev–Trinajstić information content (AvgIpc) is 2.46. The SMILES string of the molecule is CC1(C)[C@H]2CC[C@@]1(C)C(=N\O)/C2=N\O. The summed E-state index contributed by atoms with van der Waals surface area (Å²) >= 11 is 0. The lowest BCUT2D eigenvalue weighted by Gasteiger charge is -2.32. The lowest BCUT2D eigenvalue weighted by molar-refractivity contribution is 0.200. The van der Waals surface area contributed by atoms with Crippen molar-refractivity contribution in [1.29, 1.82) is 0 Å². The molecular formula is C10H16N2O2. The Bertz CT molecular complexity index is 333. The minimum atomic E-state index is -0.145. The normalized spacial score (nSPS) is 45.2. The highest BCUT2D eigenvalue weighted by molar-refractivity contribution is 6.47. The maximum atomic E-state index is 8.98. The minimum absolute atomic E-state index is 0.0239. The summed E-state index contributed by atoms with van der Waals surface area (Å²) in [5.41, 5.74) is 1.02. The Morgan fingerprint density at radius 2 is 1.86 bits per heavy atom. The largest absolute Gasteiger partial charge is 0.411 e. The second kappa shape index (κ2) is 2.49. The lowest BCUT2D eigenvalue weighted by Crippen LogP contribution is -2.33. The molecule has 0 aromatic rings. The van der Waals surface area contributed by atoms with Crippen LogP contribution in [0.15, 0.2) is 10.3 Å². The van der Waals surface area contributed by atoms with E-state index in [-0.39, 0.29) is 16.7 Å². The fraction of sp³-hybridized carbons (Fsp3) is 0.800. The maximum Gasteiger partial charge on any atom is 0.111 e. The van der Waals surface area contributed by atoms with Gasteiger partial charge in [-0.2, -0.15) is 0 Å². The molecule has 0 heterocycles. The Morgan fingerprint density at radius 3 is 2.29 bits per heavy atom. The molecule has 4 heteroatoms. The number of nitrogens with zero attached hydrogens (tertiary/aromatic N) is 2. The van der Waals surface area contributed by atoms with Crippen LogP contribution in [0.5, 0.6) is 0 Å². The number of hydrogen-bond donors (Lipinski definition) is 2. The molecule has 0 spiro atoms. The first-order valence-electron chi connectivity index (χ1n) is 4.94. The third-order valence-corrected chi connectivity index (χ3v) is 4.53. The van der Waals surface area contributed by atoms with E-state index in [0.717, 1.165) is 12.8 Å². The van der Waals surface area contributed by atoms with Crippen LogP contribution >= 0.6 is 0 Å². The average molecular weight is 196 g/mol. The zero-order chi connectivity index (χ0) is 10.6. The van der Waals surface area contributed by atoms with Crippen molar-refractivity contribution in [2.24, 2.45) is 27.1 Å². The van der Waals surface area contributed by atoms with E-state index in [1.807, 2.05) is 0 Å². The standard InChI is InChI=1S/C10H16N2O2/c1-9(2)6-4-5-10(9,3)8(12-14)7(6)11-13/h6,13-14H,4-5H2,1-3H3/b11-7-,12-8-/t6-,10-/m0/s1. The molecule has 0 amide bonds. The van der Waals surface area contributed by atoms with E-state index in [0.29, 0.717) is 11.4 Å². The summed E-state index contributed by atoms with van der Waals surface area (Å²) < 4.78 is 0. The van der Waals surface area contributed by atoms with E-state index in [1.165, 1.54) is 0 Å². The Balaban J connectivity index is 2.60. The van der Waals surface area contributed by atoms with E-state index in [1.54, 1.807) is 0 Å². The molecule has 0 aromatic heterocycles. The third kappa shape index (κ3) is 0.751. The van der Waals surface area contributed by atoms with Crippen molar-refractivity contribution in [3.63, 3.8) is 0 Å². The predicted molar refractivity (Wildman–Crippen MR) is 53.1 cm³/mol. The molecule has 2 saturated carbocycles. The van der Waals surface area contributed by atoms with Gasteiger partial charge in [-0.3, -0.25) is 0 Å². The minimum Gasteiger partial charge on any atom is -0.411 e. The smallest absolute Gasteiger partial charge is 0.111 e. The number of fused-ring (bicyclic) bond motifs is 2. The first-order valence-corrected chi connectivity index (χ1v) is 4.94. The summed E-state index contributed by atoms with van der Waals surface area (Å²) in [6.07, 6.45) is 2.02. The van der Waals surface area contributed by atoms with Crippen molar-refractivity contribution in [2.75, 3.05) is 0 Å². The zero-order valence-electron chi connectivity index (χ0n) is 8.78. The molecular weight excluding hydrogens is 180 g/mol. The van der Waals surface area contributed by atoms with Gasteiger partial charge in [0.2, 0.25) is 0 Å². The first kappa shape index (κ1) is 9.49. The molecule has 0 saturated heterocycles. The topological polar surface area (TPSA) is 65.2 Å². The van der Waals surface area contributed by atoms with Crippen LogP contribution in [-0.4, -0.2) is 21.8 Å². The van der Waals surface area contributed by atoms with Crippen LogP contribution in [0.4, 0.5) is 0 Å². The van der Waals surface area contributed by atoms with E-state index >= 15 is 0 Å². The number of oxime groups is 2. The number of hydrogen-bond acceptors (Lipinski definition) is 4. The van der Waals surface area contributed by atoms with Crippen molar-refractivity contribution < 1.29 is 10.4 Å². The molecule has 2 fully saturated rings. The number of rotatable bonds is 0. The van der Waals surface area contributed by atoms with Gasteiger partial charge in [0, 0.05) is 11.3 Å². The lowest BCUT2D eigenvalue weighted by atomic mass is 9.70. The Labute approximate surface area is 83.3 Å². The summed E-state index contributed by atoms with van der Waals surface area (Å²) in [7, 11) is 0. The molecule has 2 aliphatic rings. The van der Waals surface area contributed by atoms with Gasteiger partial charge in [-0.1, -0.05) is 31.1 Å². The van der Waals surface area contributed by atoms with E-state index in [2.05, 4.69) is 31.1 Å². The zero-order valence-corrected chi connectivity index (χ0v) is 8.78. The Hall–Kier alpha value is -1.06. The van der Waals surface area contributed by atoms with Crippen LogP contribution in [-0.2, 0) is 0 Å². The monoisotopic (exact) mass is 196 g/mol. The first-order chi connectivity index (χ1) is 6.49. The van der Waals surface area contributed by atoms with Crippen molar-refractivity contribution in [3.05, 3.63) is 0 Å². The van der Waals surface area contributed by atoms with Gasteiger partial charge in [-0.05, 0) is 18.3 Å². The van der Waals surface area contributed by atoms with Crippen LogP contribution < -0.4 is 0 Å².